The monoisotopic (exact) mass is 210 g/mol. The summed E-state index contributed by atoms with van der Waals surface area (Å²) in [5, 5.41) is 8.68. The van der Waals surface area contributed by atoms with Crippen LogP contribution in [-0.2, 0) is 9.53 Å². The predicted molar refractivity (Wildman–Crippen MR) is 52.0 cm³/mol. The van der Waals surface area contributed by atoms with Gasteiger partial charge in [0.2, 0.25) is 0 Å². The highest BCUT2D eigenvalue weighted by molar-refractivity contribution is 5.81. The lowest BCUT2D eigenvalue weighted by molar-refractivity contribution is -0.121. The normalized spacial score (nSPS) is 17.1. The van der Waals surface area contributed by atoms with Crippen molar-refractivity contribution in [1.82, 2.24) is 4.90 Å². The van der Waals surface area contributed by atoms with Gasteiger partial charge in [0.15, 0.2) is 5.60 Å². The van der Waals surface area contributed by atoms with E-state index in [-0.39, 0.29) is 5.78 Å². The predicted octanol–water partition coefficient (Wildman–Crippen LogP) is 1.09. The molecule has 15 heavy (non-hydrogen) atoms. The molecule has 0 aliphatic carbocycles. The first-order valence-corrected chi connectivity index (χ1v) is 4.85. The molecule has 1 heterocycles. The Morgan fingerprint density at radius 1 is 1.47 bits per heavy atom. The summed E-state index contributed by atoms with van der Waals surface area (Å²) >= 11 is 0. The van der Waals surface area contributed by atoms with Crippen LogP contribution in [0.5, 0.6) is 0 Å². The van der Waals surface area contributed by atoms with Crippen LogP contribution >= 0.6 is 0 Å². The van der Waals surface area contributed by atoms with Gasteiger partial charge in [-0.2, -0.15) is 5.26 Å². The minimum atomic E-state index is -1.11. The number of carbonyl (C=O) groups excluding carboxylic acids is 2. The second-order valence-corrected chi connectivity index (χ2v) is 4.02. The molecule has 0 spiro atoms. The van der Waals surface area contributed by atoms with Crippen molar-refractivity contribution in [2.75, 3.05) is 13.1 Å². The average Bonchev–Trinajstić information content (AvgIpc) is 2.18. The summed E-state index contributed by atoms with van der Waals surface area (Å²) in [6.45, 7) is 3.83. The van der Waals surface area contributed by atoms with Gasteiger partial charge in [-0.25, -0.2) is 4.79 Å². The van der Waals surface area contributed by atoms with E-state index < -0.39 is 11.7 Å². The smallest absolute Gasteiger partial charge is 0.411 e. The molecule has 1 aliphatic heterocycles. The first-order chi connectivity index (χ1) is 6.94. The average molecular weight is 210 g/mol. The Labute approximate surface area is 88.6 Å². The summed E-state index contributed by atoms with van der Waals surface area (Å²) in [6.07, 6.45) is 0.235. The summed E-state index contributed by atoms with van der Waals surface area (Å²) in [4.78, 5) is 23.9. The Bertz CT molecular complexity index is 307. The van der Waals surface area contributed by atoms with E-state index in [1.165, 1.54) is 18.7 Å². The molecule has 0 aromatic carbocycles. The Morgan fingerprint density at radius 2 is 2.00 bits per heavy atom. The van der Waals surface area contributed by atoms with E-state index in [1.807, 2.05) is 6.07 Å². The van der Waals surface area contributed by atoms with Crippen molar-refractivity contribution in [2.45, 2.75) is 32.3 Å². The fourth-order valence-electron chi connectivity index (χ4n) is 1.24. The Balaban J connectivity index is 2.49. The number of piperidine rings is 1. The van der Waals surface area contributed by atoms with Crippen molar-refractivity contribution in [1.29, 1.82) is 5.26 Å². The lowest BCUT2D eigenvalue weighted by Crippen LogP contribution is -2.42. The number of carbonyl (C=O) groups is 2. The highest BCUT2D eigenvalue weighted by Crippen LogP contribution is 2.13. The molecule has 0 atom stereocenters. The molecule has 0 bridgehead atoms. The molecule has 0 N–H and O–H groups in total. The highest BCUT2D eigenvalue weighted by Gasteiger charge is 2.28. The van der Waals surface area contributed by atoms with E-state index in [2.05, 4.69) is 0 Å². The van der Waals surface area contributed by atoms with Crippen LogP contribution in [0.3, 0.4) is 0 Å². The van der Waals surface area contributed by atoms with Crippen molar-refractivity contribution < 1.29 is 14.3 Å². The van der Waals surface area contributed by atoms with E-state index in [4.69, 9.17) is 10.00 Å². The van der Waals surface area contributed by atoms with Gasteiger partial charge < -0.3 is 9.64 Å². The maximum Gasteiger partial charge on any atom is 0.411 e. The highest BCUT2D eigenvalue weighted by atomic mass is 16.6. The fourth-order valence-corrected chi connectivity index (χ4v) is 1.24. The number of nitriles is 1. The number of likely N-dealkylation sites (tertiary alicyclic amines) is 1. The van der Waals surface area contributed by atoms with Crippen molar-refractivity contribution in [3.8, 4) is 6.07 Å². The number of ether oxygens (including phenoxy) is 1. The molecule has 0 unspecified atom stereocenters. The fraction of sp³-hybridized carbons (Fsp3) is 0.700. The minimum Gasteiger partial charge on any atom is -0.428 e. The van der Waals surface area contributed by atoms with Crippen molar-refractivity contribution in [3.63, 3.8) is 0 Å². The van der Waals surface area contributed by atoms with Crippen molar-refractivity contribution in [2.24, 2.45) is 0 Å². The molecule has 1 fully saturated rings. The van der Waals surface area contributed by atoms with Crippen LogP contribution in [-0.4, -0.2) is 35.5 Å². The molecule has 0 saturated carbocycles. The maximum absolute atomic E-state index is 11.5. The molecule has 1 rings (SSSR count). The summed E-state index contributed by atoms with van der Waals surface area (Å²) in [6, 6.07) is 1.88. The third-order valence-electron chi connectivity index (χ3n) is 2.19. The zero-order valence-corrected chi connectivity index (χ0v) is 8.95. The van der Waals surface area contributed by atoms with E-state index in [1.54, 1.807) is 0 Å². The molecule has 1 saturated heterocycles. The van der Waals surface area contributed by atoms with E-state index >= 15 is 0 Å². The Kier molecular flexibility index (Phi) is 3.30. The first kappa shape index (κ1) is 11.5. The first-order valence-electron chi connectivity index (χ1n) is 4.85. The molecule has 0 aromatic heterocycles. The van der Waals surface area contributed by atoms with Crippen LogP contribution in [0.25, 0.3) is 0 Å². The third-order valence-corrected chi connectivity index (χ3v) is 2.19. The number of hydrogen-bond donors (Lipinski definition) is 0. The Hall–Kier alpha value is -1.57. The lowest BCUT2D eigenvalue weighted by atomic mass is 10.1. The van der Waals surface area contributed by atoms with Crippen LogP contribution in [0.1, 0.15) is 26.7 Å². The molecule has 1 amide bonds. The van der Waals surface area contributed by atoms with E-state index in [9.17, 15) is 9.59 Å². The number of ketones is 1. The number of amides is 1. The van der Waals surface area contributed by atoms with Gasteiger partial charge in [-0.15, -0.1) is 0 Å². The second-order valence-electron chi connectivity index (χ2n) is 4.02. The van der Waals surface area contributed by atoms with Crippen LogP contribution in [0.15, 0.2) is 0 Å². The van der Waals surface area contributed by atoms with Crippen LogP contribution in [0.2, 0.25) is 0 Å². The van der Waals surface area contributed by atoms with E-state index in [0.29, 0.717) is 25.9 Å². The standard InChI is InChI=1S/C10H14N2O3/c1-10(2,7-11)15-9(14)12-5-3-8(13)4-6-12/h3-6H2,1-2H3. The molecular formula is C10H14N2O3. The van der Waals surface area contributed by atoms with E-state index in [0.717, 1.165) is 0 Å². The molecule has 5 nitrogen and oxygen atoms in total. The van der Waals surface area contributed by atoms with Gasteiger partial charge in [0.25, 0.3) is 0 Å². The number of Topliss-reactive ketones (excluding diaryl/α,β-unsaturated/α-hetero) is 1. The summed E-state index contributed by atoms with van der Waals surface area (Å²) in [5.41, 5.74) is -1.11. The quantitative estimate of drug-likeness (QED) is 0.649. The van der Waals surface area contributed by atoms with Gasteiger partial charge in [-0.3, -0.25) is 4.79 Å². The maximum atomic E-state index is 11.5. The number of rotatable bonds is 1. The van der Waals surface area contributed by atoms with Crippen LogP contribution in [0, 0.1) is 11.3 Å². The minimum absolute atomic E-state index is 0.165. The molecule has 5 heteroatoms. The second kappa shape index (κ2) is 4.30. The zero-order valence-electron chi connectivity index (χ0n) is 8.95. The molecule has 82 valence electrons. The molecule has 0 radical (unpaired) electrons. The van der Waals surface area contributed by atoms with Gasteiger partial charge in [0, 0.05) is 25.9 Å². The number of hydrogen-bond acceptors (Lipinski definition) is 4. The van der Waals surface area contributed by atoms with Gasteiger partial charge in [0.05, 0.1) is 0 Å². The number of nitrogens with zero attached hydrogens (tertiary/aromatic N) is 2. The molecule has 0 aromatic rings. The summed E-state index contributed by atoms with van der Waals surface area (Å²) < 4.78 is 4.98. The molecule has 1 aliphatic rings. The molecular weight excluding hydrogens is 196 g/mol. The van der Waals surface area contributed by atoms with Gasteiger partial charge >= 0.3 is 6.09 Å². The van der Waals surface area contributed by atoms with Gasteiger partial charge in [0.1, 0.15) is 11.9 Å². The van der Waals surface area contributed by atoms with Crippen LogP contribution < -0.4 is 0 Å². The largest absolute Gasteiger partial charge is 0.428 e. The van der Waals surface area contributed by atoms with Crippen molar-refractivity contribution in [3.05, 3.63) is 0 Å². The van der Waals surface area contributed by atoms with Gasteiger partial charge in [-0.05, 0) is 13.8 Å². The Morgan fingerprint density at radius 3 is 2.47 bits per heavy atom. The lowest BCUT2D eigenvalue weighted by Gasteiger charge is -2.28. The van der Waals surface area contributed by atoms with Crippen molar-refractivity contribution >= 4 is 11.9 Å². The van der Waals surface area contributed by atoms with Crippen LogP contribution in [0.4, 0.5) is 4.79 Å². The van der Waals surface area contributed by atoms with Gasteiger partial charge in [-0.1, -0.05) is 0 Å². The summed E-state index contributed by atoms with van der Waals surface area (Å²) in [7, 11) is 0. The zero-order chi connectivity index (χ0) is 11.5. The topological polar surface area (TPSA) is 70.4 Å². The third kappa shape index (κ3) is 3.24. The SMILES string of the molecule is CC(C)(C#N)OC(=O)N1CCC(=O)CC1. The summed E-state index contributed by atoms with van der Waals surface area (Å²) in [5.74, 6) is 0.165.